The van der Waals surface area contributed by atoms with Gasteiger partial charge in [0.2, 0.25) is 11.9 Å². The van der Waals surface area contributed by atoms with Crippen LogP contribution >= 0.6 is 23.2 Å². The van der Waals surface area contributed by atoms with E-state index in [0.717, 1.165) is 0 Å². The number of nitrogens with zero attached hydrogens (tertiary/aromatic N) is 5. The number of anilines is 2. The van der Waals surface area contributed by atoms with Crippen molar-refractivity contribution in [3.63, 3.8) is 0 Å². The minimum atomic E-state index is -1.57. The molecular formula is C36H44Cl2N8O6. The highest BCUT2D eigenvalue weighted by Gasteiger charge is 2.44. The number of benzene rings is 2. The maximum absolute atomic E-state index is 12.6. The highest BCUT2D eigenvalue weighted by Crippen LogP contribution is 2.36. The fraction of sp³-hybridized carbons (Fsp3) is 0.472. The molecule has 0 bridgehead atoms. The lowest BCUT2D eigenvalue weighted by molar-refractivity contribution is -0.122. The average molecular weight is 756 g/mol. The van der Waals surface area contributed by atoms with E-state index >= 15 is 0 Å². The largest absolute Gasteiger partial charge is 0.444 e. The number of carbonyl (C=O) groups is 2. The van der Waals surface area contributed by atoms with Gasteiger partial charge >= 0.3 is 6.09 Å². The average Bonchev–Trinajstić information content (AvgIpc) is 3.81. The number of rotatable bonds is 10. The van der Waals surface area contributed by atoms with Gasteiger partial charge in [0.1, 0.15) is 23.4 Å². The quantitative estimate of drug-likeness (QED) is 0.137. The molecule has 0 spiro atoms. The Morgan fingerprint density at radius 2 is 1.60 bits per heavy atom. The lowest BCUT2D eigenvalue weighted by Gasteiger charge is -2.30. The van der Waals surface area contributed by atoms with E-state index in [9.17, 15) is 24.9 Å². The molecule has 2 aromatic carbocycles. The molecule has 1 unspecified atom stereocenters. The molecule has 4 aromatic rings. The molecule has 0 radical (unpaired) electrons. The second-order valence-corrected chi connectivity index (χ2v) is 15.2. The fourth-order valence-corrected chi connectivity index (χ4v) is 6.97. The van der Waals surface area contributed by atoms with Crippen LogP contribution in [0.4, 0.5) is 16.6 Å². The summed E-state index contributed by atoms with van der Waals surface area (Å²) in [6.07, 6.45) is -0.324. The van der Waals surface area contributed by atoms with Gasteiger partial charge < -0.3 is 45.5 Å². The number of imidazole rings is 1. The van der Waals surface area contributed by atoms with E-state index in [2.05, 4.69) is 20.9 Å². The van der Waals surface area contributed by atoms with Crippen molar-refractivity contribution in [1.29, 1.82) is 0 Å². The molecule has 5 atom stereocenters. The molecule has 16 heteroatoms. The highest BCUT2D eigenvalue weighted by atomic mass is 35.5. The summed E-state index contributed by atoms with van der Waals surface area (Å²) in [7, 11) is 0. The van der Waals surface area contributed by atoms with Gasteiger partial charge in [-0.05, 0) is 69.0 Å². The molecule has 6 N–H and O–H groups in total. The zero-order chi connectivity index (χ0) is 37.4. The van der Waals surface area contributed by atoms with Crippen molar-refractivity contribution in [3.8, 4) is 0 Å². The second kappa shape index (κ2) is 15.0. The molecule has 6 rings (SSSR count). The minimum absolute atomic E-state index is 0.0482. The molecule has 1 aliphatic carbocycles. The first-order valence-electron chi connectivity index (χ1n) is 17.3. The maximum atomic E-state index is 12.6. The van der Waals surface area contributed by atoms with Crippen LogP contribution in [0.1, 0.15) is 64.1 Å². The molecule has 2 fully saturated rings. The Bertz CT molecular complexity index is 1860. The first kappa shape index (κ1) is 37.5. The molecule has 2 aliphatic rings. The van der Waals surface area contributed by atoms with Crippen LogP contribution < -0.4 is 20.9 Å². The second-order valence-electron chi connectivity index (χ2n) is 14.3. The molecule has 1 saturated heterocycles. The van der Waals surface area contributed by atoms with Crippen LogP contribution in [-0.2, 0) is 15.1 Å². The summed E-state index contributed by atoms with van der Waals surface area (Å²) in [5.41, 5.74) is -0.336. The number of hydrogen-bond acceptors (Lipinski definition) is 11. The predicted molar refractivity (Wildman–Crippen MR) is 198 cm³/mol. The minimum Gasteiger partial charge on any atom is -0.444 e. The van der Waals surface area contributed by atoms with Crippen molar-refractivity contribution in [2.45, 2.75) is 88.5 Å². The molecule has 52 heavy (non-hydrogen) atoms. The zero-order valence-electron chi connectivity index (χ0n) is 29.4. The van der Waals surface area contributed by atoms with Gasteiger partial charge in [-0.1, -0.05) is 54.4 Å². The van der Waals surface area contributed by atoms with Crippen LogP contribution in [0.15, 0.2) is 54.9 Å². The van der Waals surface area contributed by atoms with E-state index in [4.69, 9.17) is 37.9 Å². The van der Waals surface area contributed by atoms with Crippen molar-refractivity contribution in [3.05, 3.63) is 76.0 Å². The predicted octanol–water partition coefficient (Wildman–Crippen LogP) is 4.15. The van der Waals surface area contributed by atoms with E-state index in [1.54, 1.807) is 80.8 Å². The van der Waals surface area contributed by atoms with Crippen molar-refractivity contribution >= 4 is 58.1 Å². The number of aliphatic hydroxyl groups excluding tert-OH is 2. The highest BCUT2D eigenvalue weighted by molar-refractivity contribution is 6.30. The monoisotopic (exact) mass is 754 g/mol. The number of nitrogens with one attached hydrogen (secondary N) is 3. The third kappa shape index (κ3) is 8.06. The van der Waals surface area contributed by atoms with Gasteiger partial charge in [-0.3, -0.25) is 4.79 Å². The first-order valence-corrected chi connectivity index (χ1v) is 18.0. The number of ether oxygens (including phenoxy) is 1. The van der Waals surface area contributed by atoms with E-state index in [-0.39, 0.29) is 31.3 Å². The topological polar surface area (TPSA) is 187 Å². The van der Waals surface area contributed by atoms with E-state index < -0.39 is 41.6 Å². The van der Waals surface area contributed by atoms with Crippen molar-refractivity contribution in [2.24, 2.45) is 0 Å². The van der Waals surface area contributed by atoms with E-state index in [1.807, 2.05) is 4.90 Å². The summed E-state index contributed by atoms with van der Waals surface area (Å²) in [5.74, 6) is 0.407. The third-order valence-corrected chi connectivity index (χ3v) is 9.94. The SMILES string of the molecule is CCC(=O)N[C@H]1C[C@@H](n2cnc3c(NCC(O)(c4ccc(Cl)cc4)c4ccc(Cl)cc4)nc(N4CCC(NC(=O)OC(C)(C)C)C4)nc32)[C@H](O)[C@@H]1O. The van der Waals surface area contributed by atoms with Crippen LogP contribution in [0.2, 0.25) is 10.0 Å². The lowest BCUT2D eigenvalue weighted by atomic mass is 9.86. The Morgan fingerprint density at radius 1 is 0.962 bits per heavy atom. The number of aliphatic hydroxyl groups is 3. The first-order chi connectivity index (χ1) is 24.6. The maximum Gasteiger partial charge on any atom is 0.407 e. The summed E-state index contributed by atoms with van der Waals surface area (Å²) >= 11 is 12.4. The zero-order valence-corrected chi connectivity index (χ0v) is 30.9. The van der Waals surface area contributed by atoms with Crippen molar-refractivity contribution in [2.75, 3.05) is 29.9 Å². The summed E-state index contributed by atoms with van der Waals surface area (Å²) in [5, 5.41) is 44.5. The van der Waals surface area contributed by atoms with Crippen molar-refractivity contribution in [1.82, 2.24) is 30.2 Å². The van der Waals surface area contributed by atoms with Gasteiger partial charge in [0.05, 0.1) is 31.0 Å². The molecule has 2 aromatic heterocycles. The Hall–Kier alpha value is -4.21. The molecule has 278 valence electrons. The van der Waals surface area contributed by atoms with Crippen LogP contribution in [0, 0.1) is 0 Å². The Labute approximate surface area is 311 Å². The van der Waals surface area contributed by atoms with Crippen LogP contribution in [0.25, 0.3) is 11.2 Å². The molecule has 14 nitrogen and oxygen atoms in total. The van der Waals surface area contributed by atoms with Crippen molar-refractivity contribution < 1.29 is 29.6 Å². The normalized spacial score (nSPS) is 22.1. The number of aromatic nitrogens is 4. The van der Waals surface area contributed by atoms with E-state index in [1.165, 1.54) is 6.33 Å². The number of fused-ring (bicyclic) bond motifs is 1. The standard InChI is InChI=1S/C36H44Cl2N8O6/c1-5-27(47)42-25-16-26(30(49)29(25)48)46-19-40-28-31(39-18-36(51,20-6-10-22(37)11-7-20)21-8-12-23(38)13-9-21)43-33(44-32(28)46)45-15-14-24(17-45)41-34(50)52-35(2,3)4/h6-13,19,24-26,29-30,48-49,51H,5,14-18H2,1-4H3,(H,41,50)(H,42,47)(H,39,43,44)/t24?,25-,26+,29+,30-/m0/s1. The summed E-state index contributed by atoms with van der Waals surface area (Å²) in [6, 6.07) is 12.2. The van der Waals surface area contributed by atoms with Gasteiger partial charge in [-0.25, -0.2) is 9.78 Å². The van der Waals surface area contributed by atoms with Gasteiger partial charge in [-0.15, -0.1) is 0 Å². The van der Waals surface area contributed by atoms with Gasteiger partial charge in [-0.2, -0.15) is 9.97 Å². The van der Waals surface area contributed by atoms with Gasteiger partial charge in [0, 0.05) is 29.6 Å². The van der Waals surface area contributed by atoms with Crippen LogP contribution in [0.5, 0.6) is 0 Å². The molecule has 2 amide bonds. The third-order valence-electron chi connectivity index (χ3n) is 9.43. The summed E-state index contributed by atoms with van der Waals surface area (Å²) in [6.45, 7) is 7.99. The van der Waals surface area contributed by atoms with E-state index in [0.29, 0.717) is 63.6 Å². The number of amides is 2. The Balaban J connectivity index is 1.36. The lowest BCUT2D eigenvalue weighted by Crippen LogP contribution is -2.42. The number of alkyl carbamates (subject to hydrolysis) is 1. The molecular weight excluding hydrogens is 711 g/mol. The summed E-state index contributed by atoms with van der Waals surface area (Å²) < 4.78 is 7.15. The number of halogens is 2. The van der Waals surface area contributed by atoms with Gasteiger partial charge in [0.15, 0.2) is 17.0 Å². The molecule has 1 saturated carbocycles. The number of hydrogen-bond donors (Lipinski definition) is 6. The molecule has 1 aliphatic heterocycles. The van der Waals surface area contributed by atoms with Crippen LogP contribution in [0.3, 0.4) is 0 Å². The fourth-order valence-electron chi connectivity index (χ4n) is 6.72. The molecule has 3 heterocycles. The number of carbonyl (C=O) groups excluding carboxylic acids is 2. The Morgan fingerprint density at radius 3 is 2.19 bits per heavy atom. The van der Waals surface area contributed by atoms with Gasteiger partial charge in [0.25, 0.3) is 0 Å². The Kier molecular flexibility index (Phi) is 10.9. The summed E-state index contributed by atoms with van der Waals surface area (Å²) in [4.78, 5) is 41.1. The smallest absolute Gasteiger partial charge is 0.407 e. The van der Waals surface area contributed by atoms with Crippen LogP contribution in [-0.4, -0.2) is 96.4 Å².